The van der Waals surface area contributed by atoms with E-state index in [4.69, 9.17) is 10.5 Å². The predicted octanol–water partition coefficient (Wildman–Crippen LogP) is 1.51. The fourth-order valence-electron chi connectivity index (χ4n) is 2.79. The molecule has 2 rings (SSSR count). The molecule has 2 N–H and O–H groups in total. The van der Waals surface area contributed by atoms with E-state index in [9.17, 15) is 8.42 Å². The first-order chi connectivity index (χ1) is 9.91. The number of likely N-dealkylation sites (N-methyl/N-ethyl adjacent to an activating group) is 1. The highest BCUT2D eigenvalue weighted by molar-refractivity contribution is 7.89. The van der Waals surface area contributed by atoms with Crippen LogP contribution in [0.2, 0.25) is 0 Å². The Kier molecular flexibility index (Phi) is 5.03. The molecule has 0 bridgehead atoms. The summed E-state index contributed by atoms with van der Waals surface area (Å²) >= 11 is 0. The van der Waals surface area contributed by atoms with E-state index in [0.29, 0.717) is 24.5 Å². The van der Waals surface area contributed by atoms with Crippen molar-refractivity contribution in [3.8, 4) is 0 Å². The predicted molar refractivity (Wildman–Crippen MR) is 82.5 cm³/mol. The van der Waals surface area contributed by atoms with Crippen molar-refractivity contribution in [2.75, 3.05) is 13.7 Å². The maximum atomic E-state index is 12.9. The van der Waals surface area contributed by atoms with Gasteiger partial charge in [0.1, 0.15) is 0 Å². The third kappa shape index (κ3) is 3.13. The van der Waals surface area contributed by atoms with Gasteiger partial charge in [-0.1, -0.05) is 19.1 Å². The lowest BCUT2D eigenvalue weighted by Gasteiger charge is -2.27. The average Bonchev–Trinajstić information content (AvgIpc) is 2.91. The smallest absolute Gasteiger partial charge is 0.243 e. The summed E-state index contributed by atoms with van der Waals surface area (Å²) in [6, 6.07) is 5.34. The maximum absolute atomic E-state index is 12.9. The van der Waals surface area contributed by atoms with Crippen LogP contribution in [0.5, 0.6) is 0 Å². The van der Waals surface area contributed by atoms with Crippen molar-refractivity contribution >= 4 is 10.0 Å². The quantitative estimate of drug-likeness (QED) is 0.894. The first-order valence-corrected chi connectivity index (χ1v) is 8.77. The van der Waals surface area contributed by atoms with Crippen LogP contribution in [0, 0.1) is 0 Å². The Morgan fingerprint density at radius 2 is 2.14 bits per heavy atom. The molecule has 1 aliphatic heterocycles. The molecule has 0 saturated carbocycles. The van der Waals surface area contributed by atoms with Crippen molar-refractivity contribution in [1.29, 1.82) is 0 Å². The molecule has 21 heavy (non-hydrogen) atoms. The molecule has 1 aromatic carbocycles. The van der Waals surface area contributed by atoms with E-state index in [0.717, 1.165) is 17.5 Å². The largest absolute Gasteiger partial charge is 0.377 e. The highest BCUT2D eigenvalue weighted by Gasteiger charge is 2.36. The lowest BCUT2D eigenvalue weighted by Crippen LogP contribution is -2.41. The van der Waals surface area contributed by atoms with Crippen LogP contribution in [0.15, 0.2) is 23.1 Å². The second-order valence-corrected chi connectivity index (χ2v) is 7.42. The maximum Gasteiger partial charge on any atom is 0.243 e. The number of nitrogens with two attached hydrogens (primary N) is 1. The van der Waals surface area contributed by atoms with Gasteiger partial charge >= 0.3 is 0 Å². The molecule has 1 aliphatic rings. The van der Waals surface area contributed by atoms with Gasteiger partial charge in [-0.25, -0.2) is 8.42 Å². The number of aryl methyl sites for hydroxylation is 1. The van der Waals surface area contributed by atoms with Crippen LogP contribution in [0.4, 0.5) is 0 Å². The first-order valence-electron chi connectivity index (χ1n) is 7.33. The summed E-state index contributed by atoms with van der Waals surface area (Å²) in [7, 11) is -1.89. The van der Waals surface area contributed by atoms with Gasteiger partial charge < -0.3 is 10.5 Å². The minimum Gasteiger partial charge on any atom is -0.377 e. The van der Waals surface area contributed by atoms with Gasteiger partial charge in [0.25, 0.3) is 0 Å². The van der Waals surface area contributed by atoms with Gasteiger partial charge in [0.15, 0.2) is 0 Å². The standard InChI is InChI=1S/C15H24N2O3S/c1-4-13-6-5-12(10-16)9-15(13)21(18,19)17(3)14-7-8-20-11(14)2/h5-6,9,11,14H,4,7-8,10,16H2,1-3H3. The molecule has 0 amide bonds. The van der Waals surface area contributed by atoms with E-state index in [1.165, 1.54) is 4.31 Å². The van der Waals surface area contributed by atoms with Gasteiger partial charge in [0.05, 0.1) is 17.0 Å². The molecule has 1 aromatic rings. The Balaban J connectivity index is 2.43. The number of hydrogen-bond acceptors (Lipinski definition) is 4. The number of nitrogens with zero attached hydrogens (tertiary/aromatic N) is 1. The van der Waals surface area contributed by atoms with E-state index in [1.54, 1.807) is 13.1 Å². The Bertz CT molecular complexity index is 601. The number of sulfonamides is 1. The Labute approximate surface area is 127 Å². The van der Waals surface area contributed by atoms with Crippen LogP contribution in [0.25, 0.3) is 0 Å². The Hall–Kier alpha value is -0.950. The summed E-state index contributed by atoms with van der Waals surface area (Å²) in [5.41, 5.74) is 7.30. The lowest BCUT2D eigenvalue weighted by atomic mass is 10.1. The van der Waals surface area contributed by atoms with Crippen molar-refractivity contribution in [3.05, 3.63) is 29.3 Å². The third-order valence-corrected chi connectivity index (χ3v) is 6.17. The van der Waals surface area contributed by atoms with E-state index < -0.39 is 10.0 Å². The van der Waals surface area contributed by atoms with E-state index >= 15 is 0 Å². The fourth-order valence-corrected chi connectivity index (χ4v) is 4.58. The van der Waals surface area contributed by atoms with Crippen LogP contribution >= 0.6 is 0 Å². The zero-order valence-electron chi connectivity index (χ0n) is 12.9. The first kappa shape index (κ1) is 16.4. The zero-order chi connectivity index (χ0) is 15.6. The molecular weight excluding hydrogens is 288 g/mol. The lowest BCUT2D eigenvalue weighted by molar-refractivity contribution is 0.102. The van der Waals surface area contributed by atoms with Gasteiger partial charge in [0, 0.05) is 20.2 Å². The van der Waals surface area contributed by atoms with Crippen molar-refractivity contribution in [2.45, 2.75) is 50.3 Å². The number of benzene rings is 1. The van der Waals surface area contributed by atoms with E-state index in [1.807, 2.05) is 26.0 Å². The number of ether oxygens (including phenoxy) is 1. The average molecular weight is 312 g/mol. The monoisotopic (exact) mass is 312 g/mol. The van der Waals surface area contributed by atoms with Crippen molar-refractivity contribution in [2.24, 2.45) is 5.73 Å². The molecule has 1 fully saturated rings. The molecule has 1 heterocycles. The van der Waals surface area contributed by atoms with Crippen LogP contribution in [0.1, 0.15) is 31.4 Å². The molecule has 0 aliphatic carbocycles. The molecule has 2 unspecified atom stereocenters. The summed E-state index contributed by atoms with van der Waals surface area (Å²) in [4.78, 5) is 0.370. The fraction of sp³-hybridized carbons (Fsp3) is 0.600. The van der Waals surface area contributed by atoms with Crippen molar-refractivity contribution < 1.29 is 13.2 Å². The second-order valence-electron chi connectivity index (χ2n) is 5.45. The molecule has 118 valence electrons. The molecule has 6 heteroatoms. The number of hydrogen-bond donors (Lipinski definition) is 1. The molecular formula is C15H24N2O3S. The summed E-state index contributed by atoms with van der Waals surface area (Å²) in [6.07, 6.45) is 1.33. The Morgan fingerprint density at radius 3 is 2.67 bits per heavy atom. The highest BCUT2D eigenvalue weighted by atomic mass is 32.2. The molecule has 0 radical (unpaired) electrons. The SMILES string of the molecule is CCc1ccc(CN)cc1S(=O)(=O)N(C)C1CCOC1C. The zero-order valence-corrected chi connectivity index (χ0v) is 13.7. The van der Waals surface area contributed by atoms with Crippen LogP contribution in [-0.4, -0.2) is 38.5 Å². The highest BCUT2D eigenvalue weighted by Crippen LogP contribution is 2.27. The third-order valence-electron chi connectivity index (χ3n) is 4.21. The van der Waals surface area contributed by atoms with Crippen molar-refractivity contribution in [1.82, 2.24) is 4.31 Å². The van der Waals surface area contributed by atoms with Gasteiger partial charge in [-0.15, -0.1) is 0 Å². The van der Waals surface area contributed by atoms with Crippen molar-refractivity contribution in [3.63, 3.8) is 0 Å². The normalized spacial score (nSPS) is 22.9. The van der Waals surface area contributed by atoms with Gasteiger partial charge in [-0.2, -0.15) is 4.31 Å². The summed E-state index contributed by atoms with van der Waals surface area (Å²) in [5, 5.41) is 0. The summed E-state index contributed by atoms with van der Waals surface area (Å²) in [5.74, 6) is 0. The summed E-state index contributed by atoms with van der Waals surface area (Å²) in [6.45, 7) is 4.81. The van der Waals surface area contributed by atoms with Crippen LogP contribution < -0.4 is 5.73 Å². The second kappa shape index (κ2) is 6.44. The molecule has 5 nitrogen and oxygen atoms in total. The van der Waals surface area contributed by atoms with Crippen LogP contribution in [-0.2, 0) is 27.7 Å². The Morgan fingerprint density at radius 1 is 1.43 bits per heavy atom. The van der Waals surface area contributed by atoms with Crippen LogP contribution in [0.3, 0.4) is 0 Å². The van der Waals surface area contributed by atoms with E-state index in [2.05, 4.69) is 0 Å². The minimum absolute atomic E-state index is 0.0763. The van der Waals surface area contributed by atoms with E-state index in [-0.39, 0.29) is 12.1 Å². The van der Waals surface area contributed by atoms with Gasteiger partial charge in [0.2, 0.25) is 10.0 Å². The molecule has 0 aromatic heterocycles. The summed E-state index contributed by atoms with van der Waals surface area (Å²) < 4.78 is 32.8. The molecule has 0 spiro atoms. The molecule has 1 saturated heterocycles. The molecule has 2 atom stereocenters. The van der Waals surface area contributed by atoms with Gasteiger partial charge in [-0.3, -0.25) is 0 Å². The van der Waals surface area contributed by atoms with Gasteiger partial charge in [-0.05, 0) is 37.0 Å². The number of rotatable bonds is 5. The topological polar surface area (TPSA) is 72.6 Å². The minimum atomic E-state index is -3.53.